The van der Waals surface area contributed by atoms with Crippen LogP contribution in [-0.2, 0) is 16.1 Å². The molecule has 0 aromatic heterocycles. The number of hydrogen-bond donors (Lipinski definition) is 1. The van der Waals surface area contributed by atoms with Crippen molar-refractivity contribution < 1.29 is 14.3 Å². The molecule has 0 spiro atoms. The highest BCUT2D eigenvalue weighted by atomic mass is 16.5. The van der Waals surface area contributed by atoms with Crippen LogP contribution in [0, 0.1) is 5.92 Å². The SMILES string of the molecule is COC(=O)C1CCCN1Cc1cccc(C(=O)NCC(C)C)c1. The first-order valence-corrected chi connectivity index (χ1v) is 8.20. The lowest BCUT2D eigenvalue weighted by Crippen LogP contribution is -2.36. The number of nitrogens with one attached hydrogen (secondary N) is 1. The molecule has 1 heterocycles. The third-order valence-electron chi connectivity index (χ3n) is 4.08. The topological polar surface area (TPSA) is 58.6 Å². The lowest BCUT2D eigenvalue weighted by atomic mass is 10.1. The Hall–Kier alpha value is -1.88. The predicted molar refractivity (Wildman–Crippen MR) is 89.1 cm³/mol. The van der Waals surface area contributed by atoms with E-state index in [0.29, 0.717) is 24.6 Å². The van der Waals surface area contributed by atoms with E-state index >= 15 is 0 Å². The molecule has 0 bridgehead atoms. The Labute approximate surface area is 138 Å². The number of likely N-dealkylation sites (tertiary alicyclic amines) is 1. The van der Waals surface area contributed by atoms with Crippen LogP contribution in [0.5, 0.6) is 0 Å². The molecule has 1 saturated heterocycles. The molecule has 126 valence electrons. The minimum atomic E-state index is -0.173. The van der Waals surface area contributed by atoms with E-state index in [0.717, 1.165) is 24.9 Å². The summed E-state index contributed by atoms with van der Waals surface area (Å²) in [6, 6.07) is 7.44. The van der Waals surface area contributed by atoms with Gasteiger partial charge in [0, 0.05) is 18.7 Å². The Morgan fingerprint density at radius 3 is 2.87 bits per heavy atom. The van der Waals surface area contributed by atoms with E-state index in [2.05, 4.69) is 24.1 Å². The number of nitrogens with zero attached hydrogens (tertiary/aromatic N) is 1. The van der Waals surface area contributed by atoms with Crippen molar-refractivity contribution in [3.8, 4) is 0 Å². The summed E-state index contributed by atoms with van der Waals surface area (Å²) >= 11 is 0. The second-order valence-electron chi connectivity index (χ2n) is 6.46. The number of benzene rings is 1. The zero-order valence-electron chi connectivity index (χ0n) is 14.2. The quantitative estimate of drug-likeness (QED) is 0.817. The second kappa shape index (κ2) is 8.11. The number of hydrogen-bond acceptors (Lipinski definition) is 4. The molecule has 1 aliphatic heterocycles. The lowest BCUT2D eigenvalue weighted by molar-refractivity contribution is -0.146. The summed E-state index contributed by atoms with van der Waals surface area (Å²) in [5.74, 6) is 0.201. The number of carbonyl (C=O) groups is 2. The number of carbonyl (C=O) groups excluding carboxylic acids is 2. The molecule has 1 amide bonds. The first-order valence-electron chi connectivity index (χ1n) is 8.20. The molecule has 0 radical (unpaired) electrons. The van der Waals surface area contributed by atoms with Gasteiger partial charge in [-0.25, -0.2) is 0 Å². The largest absolute Gasteiger partial charge is 0.468 e. The molecular formula is C18H26N2O3. The van der Waals surface area contributed by atoms with Crippen LogP contribution < -0.4 is 5.32 Å². The number of amides is 1. The fraction of sp³-hybridized carbons (Fsp3) is 0.556. The summed E-state index contributed by atoms with van der Waals surface area (Å²) < 4.78 is 4.87. The lowest BCUT2D eigenvalue weighted by Gasteiger charge is -2.22. The van der Waals surface area contributed by atoms with Crippen molar-refractivity contribution in [2.45, 2.75) is 39.3 Å². The minimum absolute atomic E-state index is 0.0495. The van der Waals surface area contributed by atoms with Crippen molar-refractivity contribution >= 4 is 11.9 Å². The second-order valence-corrected chi connectivity index (χ2v) is 6.46. The van der Waals surface area contributed by atoms with Gasteiger partial charge in [0.25, 0.3) is 5.91 Å². The highest BCUT2D eigenvalue weighted by Gasteiger charge is 2.31. The molecule has 1 unspecified atom stereocenters. The predicted octanol–water partition coefficient (Wildman–Crippen LogP) is 2.21. The van der Waals surface area contributed by atoms with Gasteiger partial charge in [0.05, 0.1) is 7.11 Å². The molecule has 2 rings (SSSR count). The smallest absolute Gasteiger partial charge is 0.323 e. The molecule has 5 nitrogen and oxygen atoms in total. The van der Waals surface area contributed by atoms with Gasteiger partial charge in [-0.1, -0.05) is 26.0 Å². The van der Waals surface area contributed by atoms with Crippen LogP contribution >= 0.6 is 0 Å². The Balaban J connectivity index is 2.02. The third kappa shape index (κ3) is 4.79. The summed E-state index contributed by atoms with van der Waals surface area (Å²) in [6.45, 7) is 6.34. The Bertz CT molecular complexity index is 557. The Kier molecular flexibility index (Phi) is 6.16. The maximum Gasteiger partial charge on any atom is 0.323 e. The van der Waals surface area contributed by atoms with Crippen molar-refractivity contribution in [1.82, 2.24) is 10.2 Å². The van der Waals surface area contributed by atoms with Crippen LogP contribution in [-0.4, -0.2) is 43.0 Å². The van der Waals surface area contributed by atoms with Gasteiger partial charge in [-0.05, 0) is 43.0 Å². The maximum atomic E-state index is 12.2. The maximum absolute atomic E-state index is 12.2. The summed E-state index contributed by atoms with van der Waals surface area (Å²) in [5, 5.41) is 2.93. The van der Waals surface area contributed by atoms with Gasteiger partial charge in [0.15, 0.2) is 0 Å². The Morgan fingerprint density at radius 2 is 2.17 bits per heavy atom. The first kappa shape index (κ1) is 17.5. The van der Waals surface area contributed by atoms with Crippen molar-refractivity contribution in [2.24, 2.45) is 5.92 Å². The number of methoxy groups -OCH3 is 1. The van der Waals surface area contributed by atoms with Gasteiger partial charge in [-0.3, -0.25) is 14.5 Å². The van der Waals surface area contributed by atoms with Gasteiger partial charge in [0.1, 0.15) is 6.04 Å². The van der Waals surface area contributed by atoms with E-state index < -0.39 is 0 Å². The van der Waals surface area contributed by atoms with Gasteiger partial charge in [-0.2, -0.15) is 0 Å². The number of esters is 1. The van der Waals surface area contributed by atoms with E-state index in [9.17, 15) is 9.59 Å². The zero-order chi connectivity index (χ0) is 16.8. The van der Waals surface area contributed by atoms with Crippen LogP contribution in [0.1, 0.15) is 42.6 Å². The van der Waals surface area contributed by atoms with Crippen LogP contribution in [0.2, 0.25) is 0 Å². The molecule has 5 heteroatoms. The summed E-state index contributed by atoms with van der Waals surface area (Å²) in [5.41, 5.74) is 1.70. The van der Waals surface area contributed by atoms with Gasteiger partial charge in [0.2, 0.25) is 0 Å². The highest BCUT2D eigenvalue weighted by Crippen LogP contribution is 2.21. The van der Waals surface area contributed by atoms with Crippen molar-refractivity contribution in [2.75, 3.05) is 20.2 Å². The molecular weight excluding hydrogens is 292 g/mol. The monoisotopic (exact) mass is 318 g/mol. The van der Waals surface area contributed by atoms with Crippen molar-refractivity contribution in [1.29, 1.82) is 0 Å². The van der Waals surface area contributed by atoms with E-state index in [1.165, 1.54) is 7.11 Å². The highest BCUT2D eigenvalue weighted by molar-refractivity contribution is 5.94. The van der Waals surface area contributed by atoms with Crippen LogP contribution in [0.15, 0.2) is 24.3 Å². The van der Waals surface area contributed by atoms with E-state index in [4.69, 9.17) is 4.74 Å². The van der Waals surface area contributed by atoms with Gasteiger partial charge in [-0.15, -0.1) is 0 Å². The van der Waals surface area contributed by atoms with Crippen LogP contribution in [0.25, 0.3) is 0 Å². The molecule has 1 atom stereocenters. The third-order valence-corrected chi connectivity index (χ3v) is 4.08. The fourth-order valence-corrected chi connectivity index (χ4v) is 2.86. The normalized spacial score (nSPS) is 18.2. The fourth-order valence-electron chi connectivity index (χ4n) is 2.86. The average Bonchev–Trinajstić information content (AvgIpc) is 3.00. The average molecular weight is 318 g/mol. The van der Waals surface area contributed by atoms with Crippen LogP contribution in [0.3, 0.4) is 0 Å². The molecule has 1 fully saturated rings. The molecule has 1 aromatic carbocycles. The van der Waals surface area contributed by atoms with E-state index in [1.807, 2.05) is 24.3 Å². The Morgan fingerprint density at radius 1 is 1.39 bits per heavy atom. The molecule has 1 aromatic rings. The summed E-state index contributed by atoms with van der Waals surface area (Å²) in [6.07, 6.45) is 1.83. The molecule has 0 saturated carbocycles. The standard InChI is InChI=1S/C18H26N2O3/c1-13(2)11-19-17(21)15-7-4-6-14(10-15)12-20-9-5-8-16(20)18(22)23-3/h4,6-7,10,13,16H,5,8-9,11-12H2,1-3H3,(H,19,21). The van der Waals surface area contributed by atoms with Gasteiger partial charge >= 0.3 is 5.97 Å². The van der Waals surface area contributed by atoms with E-state index in [1.54, 1.807) is 0 Å². The molecule has 23 heavy (non-hydrogen) atoms. The summed E-state index contributed by atoms with van der Waals surface area (Å²) in [4.78, 5) is 26.1. The molecule has 1 aliphatic rings. The number of rotatable bonds is 6. The molecule has 0 aliphatic carbocycles. The van der Waals surface area contributed by atoms with Crippen molar-refractivity contribution in [3.05, 3.63) is 35.4 Å². The van der Waals surface area contributed by atoms with Crippen LogP contribution in [0.4, 0.5) is 0 Å². The zero-order valence-corrected chi connectivity index (χ0v) is 14.2. The first-order chi connectivity index (χ1) is 11.0. The van der Waals surface area contributed by atoms with E-state index in [-0.39, 0.29) is 17.9 Å². The van der Waals surface area contributed by atoms with Crippen molar-refractivity contribution in [3.63, 3.8) is 0 Å². The molecule has 1 N–H and O–H groups in total. The summed E-state index contributed by atoms with van der Waals surface area (Å²) in [7, 11) is 1.43. The van der Waals surface area contributed by atoms with Gasteiger partial charge < -0.3 is 10.1 Å². The number of ether oxygens (including phenoxy) is 1. The minimum Gasteiger partial charge on any atom is -0.468 e.